The molecule has 1 aliphatic carbocycles. The summed E-state index contributed by atoms with van der Waals surface area (Å²) in [5, 5.41) is 0. The fraction of sp³-hybridized carbons (Fsp3) is 1.00. The predicted octanol–water partition coefficient (Wildman–Crippen LogP) is 2.20. The molecule has 0 aromatic carbocycles. The van der Waals surface area contributed by atoms with Gasteiger partial charge in [0.05, 0.1) is 0 Å². The van der Waals surface area contributed by atoms with Crippen molar-refractivity contribution in [2.24, 2.45) is 5.92 Å². The molecule has 0 amide bonds. The first kappa shape index (κ1) is 3.06. The van der Waals surface area contributed by atoms with Gasteiger partial charge in [-0.15, -0.1) is 0 Å². The Labute approximate surface area is 41.0 Å². The third-order valence-electron chi connectivity index (χ3n) is 1.43. The number of hydrogen-bond acceptors (Lipinski definition) is 0. The van der Waals surface area contributed by atoms with E-state index >= 15 is 0 Å². The molecule has 0 spiro atoms. The molecule has 2 atom stereocenters. The lowest BCUT2D eigenvalue weighted by Gasteiger charge is -1.91. The van der Waals surface area contributed by atoms with Gasteiger partial charge in [-0.1, -0.05) is 32.6 Å². The summed E-state index contributed by atoms with van der Waals surface area (Å²) in [6.07, 6.45) is 3.98. The van der Waals surface area contributed by atoms with Gasteiger partial charge in [-0.2, -0.15) is 0 Å². The summed E-state index contributed by atoms with van der Waals surface area (Å²) in [5.74, 6) is 0.681. The average Bonchev–Trinajstić information content (AvgIpc) is 1.91. The maximum atomic E-state index is 7.34. The van der Waals surface area contributed by atoms with Crippen molar-refractivity contribution in [3.63, 3.8) is 0 Å². The molecule has 36 valence electrons. The van der Waals surface area contributed by atoms with Gasteiger partial charge < -0.3 is 0 Å². The summed E-state index contributed by atoms with van der Waals surface area (Å²) in [7, 11) is 0. The Hall–Kier alpha value is 0. The molecule has 0 nitrogen and oxygen atoms in total. The first-order chi connectivity index (χ1) is 3.30. The van der Waals surface area contributed by atoms with Crippen LogP contribution in [0.1, 0.15) is 34.0 Å². The lowest BCUT2D eigenvalue weighted by atomic mass is 10.2. The normalized spacial score (nSPS) is 49.2. The summed E-state index contributed by atoms with van der Waals surface area (Å²) in [6.45, 7) is 2.17. The van der Waals surface area contributed by atoms with E-state index in [1.54, 1.807) is 0 Å². The second-order valence-corrected chi connectivity index (χ2v) is 2.14. The van der Waals surface area contributed by atoms with Gasteiger partial charge in [-0.25, -0.2) is 0 Å². The average molecular weight is 85.2 g/mol. The Morgan fingerprint density at radius 3 is 2.67 bits per heavy atom. The van der Waals surface area contributed by atoms with Crippen molar-refractivity contribution < 1.29 is 1.37 Å². The van der Waals surface area contributed by atoms with Gasteiger partial charge in [0.15, 0.2) is 0 Å². The molecule has 0 bridgehead atoms. The van der Waals surface area contributed by atoms with Crippen LogP contribution in [-0.4, -0.2) is 0 Å². The maximum Gasteiger partial charge on any atom is 0.0269 e. The van der Waals surface area contributed by atoms with Crippen LogP contribution >= 0.6 is 0 Å². The Bertz CT molecular complexity index is 53.2. The summed E-state index contributed by atoms with van der Waals surface area (Å²) >= 11 is 0. The molecule has 1 rings (SSSR count). The molecule has 6 heavy (non-hydrogen) atoms. The fourth-order valence-electron chi connectivity index (χ4n) is 0.960. The standard InChI is InChI=1S/C6H12/c1-6-4-2-3-5-6/h6H,2-5H2,1H3/i4D. The first-order valence-electron chi connectivity index (χ1n) is 3.30. The highest BCUT2D eigenvalue weighted by Gasteiger charge is 2.07. The van der Waals surface area contributed by atoms with Crippen molar-refractivity contribution >= 4 is 0 Å². The minimum absolute atomic E-state index is 0.264. The molecule has 0 saturated heterocycles. The summed E-state index contributed by atoms with van der Waals surface area (Å²) in [5.41, 5.74) is 0. The zero-order valence-electron chi connectivity index (χ0n) is 5.28. The van der Waals surface area contributed by atoms with Crippen LogP contribution in [-0.2, 0) is 0 Å². The van der Waals surface area contributed by atoms with Crippen molar-refractivity contribution in [2.45, 2.75) is 32.6 Å². The number of rotatable bonds is 0. The van der Waals surface area contributed by atoms with E-state index in [9.17, 15) is 0 Å². The molecular weight excluding hydrogens is 72.1 g/mol. The van der Waals surface area contributed by atoms with E-state index < -0.39 is 0 Å². The molecule has 0 N–H and O–H groups in total. The monoisotopic (exact) mass is 85.1 g/mol. The Kier molecular flexibility index (Phi) is 0.833. The smallest absolute Gasteiger partial charge is 0.0269 e. The van der Waals surface area contributed by atoms with E-state index in [0.717, 1.165) is 6.42 Å². The Morgan fingerprint density at radius 1 is 1.67 bits per heavy atom. The van der Waals surface area contributed by atoms with Crippen LogP contribution in [0.2, 0.25) is 0 Å². The third kappa shape index (κ3) is 0.735. The van der Waals surface area contributed by atoms with Crippen molar-refractivity contribution in [1.82, 2.24) is 0 Å². The van der Waals surface area contributed by atoms with Crippen LogP contribution in [0.15, 0.2) is 0 Å². The molecule has 0 aliphatic heterocycles. The molecule has 1 fully saturated rings. The number of hydrogen-bond donors (Lipinski definition) is 0. The van der Waals surface area contributed by atoms with E-state index in [1.807, 2.05) is 0 Å². The van der Waals surface area contributed by atoms with Gasteiger partial charge in [-0.05, 0) is 5.92 Å². The molecular formula is C6H12. The van der Waals surface area contributed by atoms with Crippen LogP contribution in [0.4, 0.5) is 0 Å². The fourth-order valence-corrected chi connectivity index (χ4v) is 0.960. The Balaban J connectivity index is 2.33. The van der Waals surface area contributed by atoms with E-state index in [0.29, 0.717) is 5.92 Å². The molecule has 0 radical (unpaired) electrons. The molecule has 0 aromatic heterocycles. The highest BCUT2D eigenvalue weighted by Crippen LogP contribution is 2.22. The van der Waals surface area contributed by atoms with E-state index in [4.69, 9.17) is 1.37 Å². The zero-order valence-corrected chi connectivity index (χ0v) is 4.28. The van der Waals surface area contributed by atoms with Gasteiger partial charge in [0.1, 0.15) is 0 Å². The molecule has 0 heteroatoms. The van der Waals surface area contributed by atoms with Gasteiger partial charge in [-0.3, -0.25) is 0 Å². The van der Waals surface area contributed by atoms with E-state index in [1.165, 1.54) is 12.8 Å². The van der Waals surface area contributed by atoms with Crippen molar-refractivity contribution in [1.29, 1.82) is 0 Å². The minimum atomic E-state index is 0.264. The van der Waals surface area contributed by atoms with Crippen LogP contribution in [0.5, 0.6) is 0 Å². The first-order valence-corrected chi connectivity index (χ1v) is 2.73. The quantitative estimate of drug-likeness (QED) is 0.423. The summed E-state index contributed by atoms with van der Waals surface area (Å²) in [4.78, 5) is 0. The van der Waals surface area contributed by atoms with Crippen LogP contribution in [0, 0.1) is 5.92 Å². The minimum Gasteiger partial charge on any atom is -0.0625 e. The van der Waals surface area contributed by atoms with Crippen molar-refractivity contribution in [3.8, 4) is 0 Å². The van der Waals surface area contributed by atoms with Gasteiger partial charge >= 0.3 is 0 Å². The second kappa shape index (κ2) is 1.63. The van der Waals surface area contributed by atoms with E-state index in [2.05, 4.69) is 6.92 Å². The maximum absolute atomic E-state index is 7.34. The molecule has 0 aromatic rings. The third-order valence-corrected chi connectivity index (χ3v) is 1.43. The highest BCUT2D eigenvalue weighted by molar-refractivity contribution is 4.60. The van der Waals surface area contributed by atoms with Crippen molar-refractivity contribution in [2.75, 3.05) is 0 Å². The van der Waals surface area contributed by atoms with Crippen LogP contribution in [0.25, 0.3) is 0 Å². The zero-order chi connectivity index (χ0) is 5.28. The molecule has 1 saturated carbocycles. The van der Waals surface area contributed by atoms with Crippen LogP contribution in [0.3, 0.4) is 0 Å². The van der Waals surface area contributed by atoms with Crippen molar-refractivity contribution in [3.05, 3.63) is 0 Å². The predicted molar refractivity (Wildman–Crippen MR) is 27.6 cm³/mol. The lowest BCUT2D eigenvalue weighted by Crippen LogP contribution is -1.78. The lowest BCUT2D eigenvalue weighted by molar-refractivity contribution is 0.612. The highest BCUT2D eigenvalue weighted by atomic mass is 14.1. The molecule has 2 unspecified atom stereocenters. The molecule has 1 aliphatic rings. The van der Waals surface area contributed by atoms with Gasteiger partial charge in [0.2, 0.25) is 0 Å². The summed E-state index contributed by atoms with van der Waals surface area (Å²) < 4.78 is 7.34. The second-order valence-electron chi connectivity index (χ2n) is 2.14. The summed E-state index contributed by atoms with van der Waals surface area (Å²) in [6, 6.07) is 0. The van der Waals surface area contributed by atoms with Gasteiger partial charge in [0.25, 0.3) is 0 Å². The topological polar surface area (TPSA) is 0 Å². The van der Waals surface area contributed by atoms with Crippen LogP contribution < -0.4 is 0 Å². The van der Waals surface area contributed by atoms with E-state index in [-0.39, 0.29) is 6.40 Å². The van der Waals surface area contributed by atoms with Gasteiger partial charge in [0, 0.05) is 1.37 Å². The molecule has 0 heterocycles. The Morgan fingerprint density at radius 2 is 2.50 bits per heavy atom. The SMILES string of the molecule is [2H]C1CCCC1C. The largest absolute Gasteiger partial charge is 0.0625 e.